The number of carbonyl (C=O) groups is 1. The van der Waals surface area contributed by atoms with Gasteiger partial charge in [-0.15, -0.1) is 0 Å². The lowest BCUT2D eigenvalue weighted by molar-refractivity contribution is -0.124. The average Bonchev–Trinajstić information content (AvgIpc) is 2.43. The quantitative estimate of drug-likeness (QED) is 0.585. The van der Waals surface area contributed by atoms with E-state index in [1.54, 1.807) is 6.92 Å². The molecule has 0 aliphatic rings. The Labute approximate surface area is 128 Å². The molecular formula is C18H39NO. The van der Waals surface area contributed by atoms with Crippen LogP contribution < -0.4 is 5.32 Å². The first-order valence-corrected chi connectivity index (χ1v) is 8.74. The molecular weight excluding hydrogens is 246 g/mol. The third-order valence-electron chi connectivity index (χ3n) is 3.99. The van der Waals surface area contributed by atoms with Crippen molar-refractivity contribution in [3.05, 3.63) is 0 Å². The highest BCUT2D eigenvalue weighted by atomic mass is 16.1. The summed E-state index contributed by atoms with van der Waals surface area (Å²) in [6, 6.07) is 0. The van der Waals surface area contributed by atoms with Gasteiger partial charge in [-0.25, -0.2) is 0 Å². The molecule has 1 N–H and O–H groups in total. The van der Waals surface area contributed by atoms with E-state index in [1.807, 2.05) is 0 Å². The van der Waals surface area contributed by atoms with Gasteiger partial charge >= 0.3 is 0 Å². The van der Waals surface area contributed by atoms with E-state index in [0.29, 0.717) is 5.78 Å². The summed E-state index contributed by atoms with van der Waals surface area (Å²) in [7, 11) is 0. The van der Waals surface area contributed by atoms with E-state index in [1.165, 1.54) is 12.8 Å². The molecule has 0 rings (SSSR count). The van der Waals surface area contributed by atoms with Gasteiger partial charge in [0.1, 0.15) is 5.78 Å². The largest absolute Gasteiger partial charge is 0.311 e. The van der Waals surface area contributed by atoms with Crippen molar-refractivity contribution in [2.75, 3.05) is 6.54 Å². The first-order valence-electron chi connectivity index (χ1n) is 8.74. The zero-order chi connectivity index (χ0) is 16.0. The molecule has 0 radical (unpaired) electrons. The summed E-state index contributed by atoms with van der Waals surface area (Å²) in [5.74, 6) is 0.537. The number of nitrogens with one attached hydrogen (secondary N) is 1. The van der Waals surface area contributed by atoms with Crippen LogP contribution >= 0.6 is 0 Å². The fourth-order valence-electron chi connectivity index (χ4n) is 2.77. The molecule has 0 aliphatic heterocycles. The highest BCUT2D eigenvalue weighted by Gasteiger charge is 2.37. The maximum absolute atomic E-state index is 11.9. The minimum absolute atomic E-state index is 0.0248. The Morgan fingerprint density at radius 3 is 1.80 bits per heavy atom. The Balaban J connectivity index is 0. The smallest absolute Gasteiger partial charge is 0.134 e. The van der Waals surface area contributed by atoms with Gasteiger partial charge in [0.15, 0.2) is 0 Å². The third-order valence-corrected chi connectivity index (χ3v) is 3.99. The van der Waals surface area contributed by atoms with Crippen molar-refractivity contribution in [2.24, 2.45) is 5.92 Å². The van der Waals surface area contributed by atoms with Gasteiger partial charge in [-0.3, -0.25) is 4.79 Å². The molecule has 0 aromatic rings. The molecule has 0 bridgehead atoms. The van der Waals surface area contributed by atoms with E-state index in [9.17, 15) is 4.79 Å². The Morgan fingerprint density at radius 2 is 1.50 bits per heavy atom. The van der Waals surface area contributed by atoms with Crippen molar-refractivity contribution >= 4 is 5.78 Å². The maximum atomic E-state index is 11.9. The van der Waals surface area contributed by atoms with Gasteiger partial charge in [0.25, 0.3) is 0 Å². The van der Waals surface area contributed by atoms with Crippen LogP contribution in [0, 0.1) is 5.92 Å². The second-order valence-electron chi connectivity index (χ2n) is 5.80. The van der Waals surface area contributed by atoms with Crippen molar-refractivity contribution in [1.82, 2.24) is 5.32 Å². The van der Waals surface area contributed by atoms with E-state index in [0.717, 1.165) is 38.6 Å². The number of hydrogen-bond donors (Lipinski definition) is 1. The van der Waals surface area contributed by atoms with E-state index in [-0.39, 0.29) is 11.5 Å². The summed E-state index contributed by atoms with van der Waals surface area (Å²) in [4.78, 5) is 11.9. The summed E-state index contributed by atoms with van der Waals surface area (Å²) >= 11 is 0. The minimum Gasteiger partial charge on any atom is -0.311 e. The molecule has 0 saturated heterocycles. The number of unbranched alkanes of at least 4 members (excludes halogenated alkanes) is 1. The fraction of sp³-hybridized carbons (Fsp3) is 0.944. The molecule has 1 unspecified atom stereocenters. The monoisotopic (exact) mass is 285 g/mol. The SMILES string of the molecule is CCC.CCCCC(C(C)=O)C(CC)(CC)NCCC. The van der Waals surface area contributed by atoms with E-state index in [4.69, 9.17) is 0 Å². The van der Waals surface area contributed by atoms with Gasteiger partial charge in [-0.05, 0) is 39.2 Å². The Hall–Kier alpha value is -0.370. The summed E-state index contributed by atoms with van der Waals surface area (Å²) < 4.78 is 0. The van der Waals surface area contributed by atoms with Gasteiger partial charge in [-0.2, -0.15) is 0 Å². The van der Waals surface area contributed by atoms with E-state index >= 15 is 0 Å². The highest BCUT2D eigenvalue weighted by Crippen LogP contribution is 2.30. The van der Waals surface area contributed by atoms with Gasteiger partial charge in [0.2, 0.25) is 0 Å². The maximum Gasteiger partial charge on any atom is 0.134 e. The van der Waals surface area contributed by atoms with Gasteiger partial charge < -0.3 is 5.32 Å². The van der Waals surface area contributed by atoms with Crippen LogP contribution in [-0.4, -0.2) is 17.9 Å². The highest BCUT2D eigenvalue weighted by molar-refractivity contribution is 5.79. The van der Waals surface area contributed by atoms with Crippen LogP contribution in [0.2, 0.25) is 0 Å². The average molecular weight is 286 g/mol. The van der Waals surface area contributed by atoms with Crippen LogP contribution in [-0.2, 0) is 4.79 Å². The molecule has 0 aromatic heterocycles. The van der Waals surface area contributed by atoms with Crippen molar-refractivity contribution in [1.29, 1.82) is 0 Å². The zero-order valence-corrected chi connectivity index (χ0v) is 15.1. The molecule has 2 heteroatoms. The number of carbonyl (C=O) groups excluding carboxylic acids is 1. The zero-order valence-electron chi connectivity index (χ0n) is 15.1. The number of Topliss-reactive ketones (excluding diaryl/α,β-unsaturated/α-hetero) is 1. The Morgan fingerprint density at radius 1 is 1.00 bits per heavy atom. The summed E-state index contributed by atoms with van der Waals surface area (Å²) in [5.41, 5.74) is 0.0248. The topological polar surface area (TPSA) is 29.1 Å². The first kappa shape index (κ1) is 21.9. The molecule has 122 valence electrons. The molecule has 0 aromatic carbocycles. The predicted octanol–water partition coefficient (Wildman–Crippen LogP) is 5.36. The molecule has 0 heterocycles. The van der Waals surface area contributed by atoms with Gasteiger partial charge in [-0.1, -0.05) is 60.8 Å². The third kappa shape index (κ3) is 8.04. The number of rotatable bonds is 10. The Kier molecular flexibility index (Phi) is 14.9. The standard InChI is InChI=1S/C15H31NO.C3H8/c1-6-10-11-14(13(5)17)15(8-3,9-4)16-12-7-2;1-3-2/h14,16H,6-12H2,1-5H3;3H2,1-2H3. The first-order chi connectivity index (χ1) is 9.49. The van der Waals surface area contributed by atoms with Crippen molar-refractivity contribution in [3.8, 4) is 0 Å². The van der Waals surface area contributed by atoms with E-state index < -0.39 is 0 Å². The lowest BCUT2D eigenvalue weighted by atomic mass is 9.74. The molecule has 0 aliphatic carbocycles. The van der Waals surface area contributed by atoms with Crippen LogP contribution in [0.3, 0.4) is 0 Å². The molecule has 1 atom stereocenters. The second-order valence-corrected chi connectivity index (χ2v) is 5.80. The van der Waals surface area contributed by atoms with Crippen molar-refractivity contribution in [2.45, 2.75) is 99.0 Å². The summed E-state index contributed by atoms with van der Waals surface area (Å²) in [6.45, 7) is 15.8. The van der Waals surface area contributed by atoms with Crippen molar-refractivity contribution in [3.63, 3.8) is 0 Å². The Bertz CT molecular complexity index is 221. The lowest BCUT2D eigenvalue weighted by Crippen LogP contribution is -2.53. The predicted molar refractivity (Wildman–Crippen MR) is 91.3 cm³/mol. The van der Waals surface area contributed by atoms with Gasteiger partial charge in [0.05, 0.1) is 0 Å². The molecule has 0 amide bonds. The molecule has 0 spiro atoms. The lowest BCUT2D eigenvalue weighted by Gasteiger charge is -2.40. The van der Waals surface area contributed by atoms with Gasteiger partial charge in [0, 0.05) is 11.5 Å². The summed E-state index contributed by atoms with van der Waals surface area (Å²) in [6.07, 6.45) is 7.81. The fourth-order valence-corrected chi connectivity index (χ4v) is 2.77. The molecule has 2 nitrogen and oxygen atoms in total. The normalized spacial score (nSPS) is 12.6. The molecule has 20 heavy (non-hydrogen) atoms. The minimum atomic E-state index is 0.0248. The second kappa shape index (κ2) is 13.6. The van der Waals surface area contributed by atoms with Crippen LogP contribution in [0.4, 0.5) is 0 Å². The van der Waals surface area contributed by atoms with Crippen LogP contribution in [0.1, 0.15) is 93.4 Å². The van der Waals surface area contributed by atoms with Crippen LogP contribution in [0.5, 0.6) is 0 Å². The summed E-state index contributed by atoms with van der Waals surface area (Å²) in [5, 5.41) is 3.65. The van der Waals surface area contributed by atoms with Crippen molar-refractivity contribution < 1.29 is 4.79 Å². The van der Waals surface area contributed by atoms with E-state index in [2.05, 4.69) is 46.9 Å². The number of hydrogen-bond acceptors (Lipinski definition) is 2. The number of ketones is 1. The molecule has 0 saturated carbocycles. The molecule has 0 fully saturated rings. The van der Waals surface area contributed by atoms with Crippen LogP contribution in [0.15, 0.2) is 0 Å². The van der Waals surface area contributed by atoms with Crippen LogP contribution in [0.25, 0.3) is 0 Å².